The largest absolute Gasteiger partial charge is 0.294 e. The van der Waals surface area contributed by atoms with E-state index in [1.807, 2.05) is 26.0 Å². The molecule has 0 heterocycles. The Bertz CT molecular complexity index is 360. The third kappa shape index (κ3) is 3.00. The molecule has 1 nitrogen and oxygen atoms in total. The van der Waals surface area contributed by atoms with Gasteiger partial charge in [-0.2, -0.15) is 0 Å². The Morgan fingerprint density at radius 3 is 2.57 bits per heavy atom. The van der Waals surface area contributed by atoms with Crippen LogP contribution in [0.25, 0.3) is 0 Å². The van der Waals surface area contributed by atoms with Crippen molar-refractivity contribution in [1.29, 1.82) is 0 Å². The average molecular weight is 209 g/mol. The Hall–Kier alpha value is -1.08. The van der Waals surface area contributed by atoms with Gasteiger partial charge in [-0.25, -0.2) is 0 Å². The Morgan fingerprint density at radius 2 is 2.07 bits per heavy atom. The fourth-order valence-electron chi connectivity index (χ4n) is 1.27. The van der Waals surface area contributed by atoms with E-state index in [0.29, 0.717) is 17.0 Å². The standard InChI is InChI=1S/C12H13ClO/c1-8(2)4-12(14)10-5-9(3)6-11(13)7-10/h5-7H,1,4H2,2-3H3. The number of aryl methyl sites for hydroxylation is 1. The van der Waals surface area contributed by atoms with Gasteiger partial charge in [0, 0.05) is 17.0 Å². The van der Waals surface area contributed by atoms with Crippen molar-refractivity contribution in [3.8, 4) is 0 Å². The van der Waals surface area contributed by atoms with E-state index in [4.69, 9.17) is 11.6 Å². The maximum atomic E-state index is 11.6. The predicted octanol–water partition coefficient (Wildman–Crippen LogP) is 3.80. The first-order chi connectivity index (χ1) is 6.49. The quantitative estimate of drug-likeness (QED) is 0.546. The first-order valence-corrected chi connectivity index (χ1v) is 4.81. The zero-order valence-electron chi connectivity index (χ0n) is 8.43. The molecule has 74 valence electrons. The summed E-state index contributed by atoms with van der Waals surface area (Å²) >= 11 is 5.86. The van der Waals surface area contributed by atoms with Crippen LogP contribution in [0, 0.1) is 6.92 Å². The highest BCUT2D eigenvalue weighted by Gasteiger charge is 2.07. The lowest BCUT2D eigenvalue weighted by atomic mass is 10.0. The monoisotopic (exact) mass is 208 g/mol. The van der Waals surface area contributed by atoms with Crippen molar-refractivity contribution in [3.63, 3.8) is 0 Å². The van der Waals surface area contributed by atoms with E-state index in [1.165, 1.54) is 0 Å². The molecule has 0 N–H and O–H groups in total. The molecule has 2 heteroatoms. The minimum atomic E-state index is 0.0723. The molecular formula is C12H13ClO. The van der Waals surface area contributed by atoms with Gasteiger partial charge in [-0.15, -0.1) is 0 Å². The molecule has 0 bridgehead atoms. The zero-order valence-corrected chi connectivity index (χ0v) is 9.19. The Labute approximate surface area is 89.4 Å². The number of ketones is 1. The molecule has 1 aromatic rings. The van der Waals surface area contributed by atoms with Crippen LogP contribution in [-0.4, -0.2) is 5.78 Å². The van der Waals surface area contributed by atoms with E-state index < -0.39 is 0 Å². The lowest BCUT2D eigenvalue weighted by Gasteiger charge is -2.02. The van der Waals surface area contributed by atoms with Crippen LogP contribution in [0.4, 0.5) is 0 Å². The van der Waals surface area contributed by atoms with Crippen molar-refractivity contribution in [2.75, 3.05) is 0 Å². The van der Waals surface area contributed by atoms with Crippen molar-refractivity contribution < 1.29 is 4.79 Å². The second-order valence-electron chi connectivity index (χ2n) is 3.57. The number of benzene rings is 1. The van der Waals surface area contributed by atoms with Gasteiger partial charge in [0.2, 0.25) is 0 Å². The van der Waals surface area contributed by atoms with Crippen molar-refractivity contribution in [2.45, 2.75) is 20.3 Å². The Morgan fingerprint density at radius 1 is 1.43 bits per heavy atom. The average Bonchev–Trinajstić information content (AvgIpc) is 2.00. The molecule has 1 rings (SSSR count). The van der Waals surface area contributed by atoms with Crippen LogP contribution in [0.1, 0.15) is 29.3 Å². The Balaban J connectivity index is 2.95. The number of carbonyl (C=O) groups excluding carboxylic acids is 1. The smallest absolute Gasteiger partial charge is 0.166 e. The molecule has 0 amide bonds. The van der Waals surface area contributed by atoms with E-state index in [2.05, 4.69) is 6.58 Å². The van der Waals surface area contributed by atoms with Crippen LogP contribution < -0.4 is 0 Å². The number of hydrogen-bond donors (Lipinski definition) is 0. The predicted molar refractivity (Wildman–Crippen MR) is 60.0 cm³/mol. The fraction of sp³-hybridized carbons (Fsp3) is 0.250. The van der Waals surface area contributed by atoms with Gasteiger partial charge < -0.3 is 0 Å². The van der Waals surface area contributed by atoms with Crippen LogP contribution in [0.15, 0.2) is 30.4 Å². The highest BCUT2D eigenvalue weighted by Crippen LogP contribution is 2.16. The molecule has 0 saturated carbocycles. The highest BCUT2D eigenvalue weighted by molar-refractivity contribution is 6.31. The van der Waals surface area contributed by atoms with E-state index in [9.17, 15) is 4.79 Å². The molecule has 0 aliphatic rings. The first kappa shape index (κ1) is 11.0. The molecule has 1 aromatic carbocycles. The summed E-state index contributed by atoms with van der Waals surface area (Å²) in [6.45, 7) is 7.47. The molecule has 14 heavy (non-hydrogen) atoms. The third-order valence-corrected chi connectivity index (χ3v) is 2.04. The molecular weight excluding hydrogens is 196 g/mol. The number of rotatable bonds is 3. The maximum absolute atomic E-state index is 11.6. The van der Waals surface area contributed by atoms with E-state index in [0.717, 1.165) is 11.1 Å². The lowest BCUT2D eigenvalue weighted by Crippen LogP contribution is -1.99. The molecule has 0 spiro atoms. The van der Waals surface area contributed by atoms with Gasteiger partial charge in [0.25, 0.3) is 0 Å². The molecule has 0 atom stereocenters. The topological polar surface area (TPSA) is 17.1 Å². The van der Waals surface area contributed by atoms with E-state index in [1.54, 1.807) is 6.07 Å². The number of halogens is 1. The fourth-order valence-corrected chi connectivity index (χ4v) is 1.56. The molecule has 0 unspecified atom stereocenters. The molecule has 0 aliphatic carbocycles. The minimum Gasteiger partial charge on any atom is -0.294 e. The van der Waals surface area contributed by atoms with Gasteiger partial charge in [0.15, 0.2) is 5.78 Å². The van der Waals surface area contributed by atoms with Crippen LogP contribution in [0.3, 0.4) is 0 Å². The summed E-state index contributed by atoms with van der Waals surface area (Å²) < 4.78 is 0. The zero-order chi connectivity index (χ0) is 10.7. The van der Waals surface area contributed by atoms with E-state index >= 15 is 0 Å². The lowest BCUT2D eigenvalue weighted by molar-refractivity contribution is 0.0993. The third-order valence-electron chi connectivity index (χ3n) is 1.83. The summed E-state index contributed by atoms with van der Waals surface area (Å²) in [7, 11) is 0. The molecule has 0 aromatic heterocycles. The molecule has 0 saturated heterocycles. The second-order valence-corrected chi connectivity index (χ2v) is 4.01. The van der Waals surface area contributed by atoms with Crippen LogP contribution in [0.2, 0.25) is 5.02 Å². The van der Waals surface area contributed by atoms with Crippen molar-refractivity contribution >= 4 is 17.4 Å². The summed E-state index contributed by atoms with van der Waals surface area (Å²) in [6, 6.07) is 5.37. The summed E-state index contributed by atoms with van der Waals surface area (Å²) in [5.41, 5.74) is 2.54. The van der Waals surface area contributed by atoms with Gasteiger partial charge >= 0.3 is 0 Å². The normalized spacial score (nSPS) is 9.93. The minimum absolute atomic E-state index is 0.0723. The highest BCUT2D eigenvalue weighted by atomic mass is 35.5. The molecule has 0 radical (unpaired) electrons. The molecule has 0 fully saturated rings. The SMILES string of the molecule is C=C(C)CC(=O)c1cc(C)cc(Cl)c1. The van der Waals surface area contributed by atoms with Gasteiger partial charge in [-0.05, 0) is 37.6 Å². The van der Waals surface area contributed by atoms with Crippen LogP contribution in [-0.2, 0) is 0 Å². The summed E-state index contributed by atoms with van der Waals surface area (Å²) in [6.07, 6.45) is 0.389. The second kappa shape index (κ2) is 4.43. The maximum Gasteiger partial charge on any atom is 0.166 e. The number of allylic oxidation sites excluding steroid dienone is 1. The molecule has 0 aliphatic heterocycles. The Kier molecular flexibility index (Phi) is 3.48. The van der Waals surface area contributed by atoms with Crippen molar-refractivity contribution in [3.05, 3.63) is 46.5 Å². The van der Waals surface area contributed by atoms with Gasteiger partial charge in [-0.3, -0.25) is 4.79 Å². The van der Waals surface area contributed by atoms with Crippen molar-refractivity contribution in [1.82, 2.24) is 0 Å². The first-order valence-electron chi connectivity index (χ1n) is 4.44. The van der Waals surface area contributed by atoms with Crippen LogP contribution >= 0.6 is 11.6 Å². The summed E-state index contributed by atoms with van der Waals surface area (Å²) in [5, 5.41) is 0.607. The summed E-state index contributed by atoms with van der Waals surface area (Å²) in [5.74, 6) is 0.0723. The van der Waals surface area contributed by atoms with Gasteiger partial charge in [0.05, 0.1) is 0 Å². The summed E-state index contributed by atoms with van der Waals surface area (Å²) in [4.78, 5) is 11.6. The number of hydrogen-bond acceptors (Lipinski definition) is 1. The van der Waals surface area contributed by atoms with Crippen molar-refractivity contribution in [2.24, 2.45) is 0 Å². The number of carbonyl (C=O) groups is 1. The van der Waals surface area contributed by atoms with Gasteiger partial charge in [0.1, 0.15) is 0 Å². The van der Waals surface area contributed by atoms with E-state index in [-0.39, 0.29) is 5.78 Å². The number of Topliss-reactive ketones (excluding diaryl/α,β-unsaturated/α-hetero) is 1. The van der Waals surface area contributed by atoms with Crippen LogP contribution in [0.5, 0.6) is 0 Å². The van der Waals surface area contributed by atoms with Gasteiger partial charge in [-0.1, -0.05) is 23.8 Å².